The lowest BCUT2D eigenvalue weighted by atomic mass is 9.78. The van der Waals surface area contributed by atoms with Crippen molar-refractivity contribution in [2.24, 2.45) is 0 Å². The monoisotopic (exact) mass is 328 g/mol. The number of nitrogens with zero attached hydrogens (tertiary/aromatic N) is 1. The zero-order chi connectivity index (χ0) is 17.0. The molecule has 0 spiro atoms. The molecular weight excluding hydrogens is 307 g/mol. The third kappa shape index (κ3) is 3.25. The molecule has 0 atom stereocenters. The van der Waals surface area contributed by atoms with Crippen molar-refractivity contribution in [1.29, 1.82) is 0 Å². The average molecular weight is 328 g/mol. The molecule has 4 nitrogen and oxygen atoms in total. The molecule has 1 fully saturated rings. The van der Waals surface area contributed by atoms with Crippen LogP contribution in [-0.2, 0) is 16.8 Å². The van der Waals surface area contributed by atoms with Gasteiger partial charge >= 0.3 is 0 Å². The maximum atomic E-state index is 13.6. The predicted molar refractivity (Wildman–Crippen MR) is 90.3 cm³/mol. The molecule has 1 amide bonds. The van der Waals surface area contributed by atoms with Gasteiger partial charge in [0.15, 0.2) is 0 Å². The van der Waals surface area contributed by atoms with Crippen LogP contribution >= 0.6 is 0 Å². The fourth-order valence-corrected chi connectivity index (χ4v) is 3.52. The molecule has 0 bridgehead atoms. The highest BCUT2D eigenvalue weighted by Gasteiger charge is 2.42. The van der Waals surface area contributed by atoms with Crippen LogP contribution in [0.3, 0.4) is 0 Å². The van der Waals surface area contributed by atoms with Gasteiger partial charge in [-0.25, -0.2) is 4.39 Å². The summed E-state index contributed by atoms with van der Waals surface area (Å²) in [5.41, 5.74) is 0.00542. The number of carbonyl (C=O) groups excluding carboxylic acids is 1. The van der Waals surface area contributed by atoms with Crippen molar-refractivity contribution in [2.45, 2.75) is 37.6 Å². The molecule has 0 aliphatic heterocycles. The molecule has 0 saturated heterocycles. The number of hydrogen-bond donors (Lipinski definition) is 1. The summed E-state index contributed by atoms with van der Waals surface area (Å²) in [7, 11) is 0. The summed E-state index contributed by atoms with van der Waals surface area (Å²) < 4.78 is 15.2. The molecule has 1 N–H and O–H groups in total. The van der Waals surface area contributed by atoms with E-state index in [-0.39, 0.29) is 17.3 Å². The SMILES string of the molecule is O=C(NCCn1ccccc1=O)C1(c2cccc(F)c2)CCCC1. The Balaban J connectivity index is 1.71. The summed E-state index contributed by atoms with van der Waals surface area (Å²) in [5, 5.41) is 2.94. The summed E-state index contributed by atoms with van der Waals surface area (Å²) in [6, 6.07) is 11.3. The minimum Gasteiger partial charge on any atom is -0.354 e. The first kappa shape index (κ1) is 16.4. The molecule has 1 saturated carbocycles. The first-order valence-electron chi connectivity index (χ1n) is 8.32. The van der Waals surface area contributed by atoms with Gasteiger partial charge in [-0.15, -0.1) is 0 Å². The highest BCUT2D eigenvalue weighted by molar-refractivity contribution is 5.88. The van der Waals surface area contributed by atoms with Crippen molar-refractivity contribution in [1.82, 2.24) is 9.88 Å². The van der Waals surface area contributed by atoms with E-state index in [1.54, 1.807) is 29.0 Å². The van der Waals surface area contributed by atoms with Crippen LogP contribution in [0, 0.1) is 5.82 Å². The maximum Gasteiger partial charge on any atom is 0.250 e. The van der Waals surface area contributed by atoms with E-state index < -0.39 is 5.41 Å². The Labute approximate surface area is 140 Å². The van der Waals surface area contributed by atoms with E-state index in [2.05, 4.69) is 5.32 Å². The normalized spacial score (nSPS) is 16.0. The molecule has 24 heavy (non-hydrogen) atoms. The smallest absolute Gasteiger partial charge is 0.250 e. The minimum absolute atomic E-state index is 0.0745. The van der Waals surface area contributed by atoms with Crippen molar-refractivity contribution in [3.8, 4) is 0 Å². The lowest BCUT2D eigenvalue weighted by Gasteiger charge is -2.28. The summed E-state index contributed by atoms with van der Waals surface area (Å²) in [6.07, 6.45) is 5.08. The number of pyridine rings is 1. The fraction of sp³-hybridized carbons (Fsp3) is 0.368. The van der Waals surface area contributed by atoms with Crippen molar-refractivity contribution >= 4 is 5.91 Å². The Kier molecular flexibility index (Phi) is 4.79. The minimum atomic E-state index is -0.649. The molecule has 5 heteroatoms. The zero-order valence-corrected chi connectivity index (χ0v) is 13.5. The molecule has 1 aliphatic rings. The summed E-state index contributed by atoms with van der Waals surface area (Å²) in [5.74, 6) is -0.392. The highest BCUT2D eigenvalue weighted by Crippen LogP contribution is 2.41. The number of benzene rings is 1. The van der Waals surface area contributed by atoms with Gasteiger partial charge in [0.25, 0.3) is 5.56 Å². The molecular formula is C19H21FN2O2. The Morgan fingerprint density at radius 3 is 2.67 bits per heavy atom. The Bertz CT molecular complexity index is 779. The molecule has 0 unspecified atom stereocenters. The standard InChI is InChI=1S/C19H21FN2O2/c20-16-7-5-6-15(14-16)19(9-2-3-10-19)18(24)21-11-13-22-12-4-1-8-17(22)23/h1,4-8,12,14H,2-3,9-11,13H2,(H,21,24). The van der Waals surface area contributed by atoms with E-state index in [4.69, 9.17) is 0 Å². The first-order chi connectivity index (χ1) is 11.6. The quantitative estimate of drug-likeness (QED) is 0.917. The van der Waals surface area contributed by atoms with Gasteiger partial charge < -0.3 is 9.88 Å². The molecule has 3 rings (SSSR count). The van der Waals surface area contributed by atoms with Crippen LogP contribution in [0.25, 0.3) is 0 Å². The van der Waals surface area contributed by atoms with Crippen LogP contribution in [0.15, 0.2) is 53.5 Å². The number of hydrogen-bond acceptors (Lipinski definition) is 2. The van der Waals surface area contributed by atoms with Crippen molar-refractivity contribution in [3.63, 3.8) is 0 Å². The number of carbonyl (C=O) groups is 1. The third-order valence-electron chi connectivity index (χ3n) is 4.81. The van der Waals surface area contributed by atoms with Crippen molar-refractivity contribution < 1.29 is 9.18 Å². The molecule has 1 aromatic heterocycles. The Morgan fingerprint density at radius 2 is 1.96 bits per heavy atom. The van der Waals surface area contributed by atoms with E-state index in [9.17, 15) is 14.0 Å². The van der Waals surface area contributed by atoms with E-state index in [0.717, 1.165) is 31.2 Å². The lowest BCUT2D eigenvalue weighted by molar-refractivity contribution is -0.126. The Hall–Kier alpha value is -2.43. The number of aromatic nitrogens is 1. The average Bonchev–Trinajstić information content (AvgIpc) is 3.07. The largest absolute Gasteiger partial charge is 0.354 e. The van der Waals surface area contributed by atoms with Crippen molar-refractivity contribution in [2.75, 3.05) is 6.54 Å². The zero-order valence-electron chi connectivity index (χ0n) is 13.5. The van der Waals surface area contributed by atoms with Gasteiger partial charge in [0, 0.05) is 25.4 Å². The second-order valence-corrected chi connectivity index (χ2v) is 6.29. The van der Waals surface area contributed by atoms with E-state index in [1.165, 1.54) is 18.2 Å². The van der Waals surface area contributed by atoms with Crippen molar-refractivity contribution in [3.05, 3.63) is 70.4 Å². The highest BCUT2D eigenvalue weighted by atomic mass is 19.1. The molecule has 2 aromatic rings. The molecule has 1 aliphatic carbocycles. The van der Waals surface area contributed by atoms with Gasteiger partial charge in [0.2, 0.25) is 5.91 Å². The van der Waals surface area contributed by atoms with E-state index in [0.29, 0.717) is 13.1 Å². The van der Waals surface area contributed by atoms with Gasteiger partial charge in [-0.2, -0.15) is 0 Å². The first-order valence-corrected chi connectivity index (χ1v) is 8.32. The molecule has 126 valence electrons. The van der Waals surface area contributed by atoms with E-state index in [1.807, 2.05) is 6.07 Å². The summed E-state index contributed by atoms with van der Waals surface area (Å²) in [4.78, 5) is 24.5. The Morgan fingerprint density at radius 1 is 1.17 bits per heavy atom. The summed E-state index contributed by atoms with van der Waals surface area (Å²) >= 11 is 0. The predicted octanol–water partition coefficient (Wildman–Crippen LogP) is 2.62. The van der Waals surface area contributed by atoms with Crippen LogP contribution in [0.5, 0.6) is 0 Å². The second kappa shape index (κ2) is 6.99. The van der Waals surface area contributed by atoms with Crippen LogP contribution < -0.4 is 10.9 Å². The topological polar surface area (TPSA) is 51.1 Å². The second-order valence-electron chi connectivity index (χ2n) is 6.29. The number of nitrogens with one attached hydrogen (secondary N) is 1. The molecule has 1 aromatic carbocycles. The molecule has 1 heterocycles. The lowest BCUT2D eigenvalue weighted by Crippen LogP contribution is -2.44. The van der Waals surface area contributed by atoms with E-state index >= 15 is 0 Å². The van der Waals surface area contributed by atoms with Crippen LogP contribution in [0.1, 0.15) is 31.2 Å². The van der Waals surface area contributed by atoms with Gasteiger partial charge in [0.1, 0.15) is 5.82 Å². The summed E-state index contributed by atoms with van der Waals surface area (Å²) in [6.45, 7) is 0.796. The van der Waals surface area contributed by atoms with Crippen LogP contribution in [-0.4, -0.2) is 17.0 Å². The maximum absolute atomic E-state index is 13.6. The van der Waals surface area contributed by atoms with Gasteiger partial charge in [-0.3, -0.25) is 9.59 Å². The van der Waals surface area contributed by atoms with Crippen LogP contribution in [0.2, 0.25) is 0 Å². The van der Waals surface area contributed by atoms with Gasteiger partial charge in [-0.05, 0) is 36.6 Å². The van der Waals surface area contributed by atoms with Crippen LogP contribution in [0.4, 0.5) is 4.39 Å². The number of rotatable bonds is 5. The fourth-order valence-electron chi connectivity index (χ4n) is 3.52. The van der Waals surface area contributed by atoms with Gasteiger partial charge in [-0.1, -0.05) is 31.0 Å². The number of halogens is 1. The van der Waals surface area contributed by atoms with Gasteiger partial charge in [0.05, 0.1) is 5.41 Å². The molecule has 0 radical (unpaired) electrons. The number of amides is 1. The third-order valence-corrected chi connectivity index (χ3v) is 4.81.